The molecule has 0 heterocycles. The molecule has 0 atom stereocenters. The summed E-state index contributed by atoms with van der Waals surface area (Å²) in [6.45, 7) is 13.0. The summed E-state index contributed by atoms with van der Waals surface area (Å²) in [5.41, 5.74) is -1.80. The van der Waals surface area contributed by atoms with Gasteiger partial charge in [0.15, 0.2) is 11.5 Å². The van der Waals surface area contributed by atoms with E-state index in [4.69, 9.17) is 23.7 Å². The highest BCUT2D eigenvalue weighted by Gasteiger charge is 2.35. The summed E-state index contributed by atoms with van der Waals surface area (Å²) >= 11 is 0. The molecule has 1 fully saturated rings. The van der Waals surface area contributed by atoms with Crippen molar-refractivity contribution in [1.29, 1.82) is 0 Å². The molecule has 1 saturated carbocycles. The molecule has 1 aliphatic carbocycles. The van der Waals surface area contributed by atoms with Crippen molar-refractivity contribution in [3.8, 4) is 28.4 Å². The largest absolute Gasteiger partial charge is 0.489 e. The van der Waals surface area contributed by atoms with Crippen LogP contribution in [-0.2, 0) is 23.9 Å². The zero-order valence-corrected chi connectivity index (χ0v) is 35.1. The Morgan fingerprint density at radius 3 is 1.69 bits per heavy atom. The third-order valence-corrected chi connectivity index (χ3v) is 10.8. The molecule has 4 N–H and O–H groups in total. The van der Waals surface area contributed by atoms with Gasteiger partial charge in [0.05, 0.1) is 42.8 Å². The Hall–Kier alpha value is -4.56. The van der Waals surface area contributed by atoms with Gasteiger partial charge in [0.2, 0.25) is 0 Å². The molecule has 0 saturated heterocycles. The Kier molecular flexibility index (Phi) is 19.3. The van der Waals surface area contributed by atoms with Crippen molar-refractivity contribution in [3.05, 3.63) is 78.2 Å². The minimum absolute atomic E-state index is 0.0129. The third-order valence-electron chi connectivity index (χ3n) is 10.8. The molecule has 2 aromatic rings. The zero-order valence-electron chi connectivity index (χ0n) is 35.1. The van der Waals surface area contributed by atoms with E-state index in [1.165, 1.54) is 77.1 Å². The van der Waals surface area contributed by atoms with Gasteiger partial charge in [-0.1, -0.05) is 64.8 Å². The van der Waals surface area contributed by atoms with E-state index in [1.54, 1.807) is 6.07 Å². The highest BCUT2D eigenvalue weighted by Crippen LogP contribution is 2.44. The maximum atomic E-state index is 16.6. The van der Waals surface area contributed by atoms with Gasteiger partial charge in [0.25, 0.3) is 0 Å². The Bertz CT molecular complexity index is 1770. The average Bonchev–Trinajstić information content (AvgIpc) is 3.23. The van der Waals surface area contributed by atoms with Crippen LogP contribution in [0.1, 0.15) is 97.0 Å². The summed E-state index contributed by atoms with van der Waals surface area (Å²) in [7, 11) is 0. The highest BCUT2D eigenvalue weighted by atomic mass is 19.1. The van der Waals surface area contributed by atoms with E-state index in [0.29, 0.717) is 11.5 Å². The molecule has 326 valence electrons. The minimum atomic E-state index is -1.52. The molecule has 0 bridgehead atoms. The third kappa shape index (κ3) is 14.0. The van der Waals surface area contributed by atoms with Crippen LogP contribution in [0.4, 0.5) is 4.39 Å². The van der Waals surface area contributed by atoms with Crippen LogP contribution in [-0.4, -0.2) is 91.2 Å². The van der Waals surface area contributed by atoms with Crippen molar-refractivity contribution in [1.82, 2.24) is 0 Å². The van der Waals surface area contributed by atoms with E-state index in [9.17, 15) is 34.8 Å². The molecule has 0 spiro atoms. The minimum Gasteiger partial charge on any atom is -0.489 e. The normalized spacial score (nSPS) is 15.5. The quantitative estimate of drug-likeness (QED) is 0.0344. The van der Waals surface area contributed by atoms with Crippen molar-refractivity contribution in [3.63, 3.8) is 0 Å². The van der Waals surface area contributed by atoms with Crippen molar-refractivity contribution in [2.24, 2.45) is 16.7 Å². The summed E-state index contributed by atoms with van der Waals surface area (Å²) in [5.74, 6) is -2.24. The first-order valence-electron chi connectivity index (χ1n) is 20.3. The second-order valence-corrected chi connectivity index (χ2v) is 16.2. The van der Waals surface area contributed by atoms with Gasteiger partial charge in [-0.05, 0) is 93.7 Å². The van der Waals surface area contributed by atoms with E-state index in [-0.39, 0.29) is 51.0 Å². The molecule has 0 aliphatic heterocycles. The fourth-order valence-corrected chi connectivity index (χ4v) is 6.62. The van der Waals surface area contributed by atoms with Crippen LogP contribution in [0.25, 0.3) is 11.1 Å². The monoisotopic (exact) mass is 826 g/mol. The average molecular weight is 827 g/mol. The van der Waals surface area contributed by atoms with Gasteiger partial charge in [0.1, 0.15) is 38.0 Å². The summed E-state index contributed by atoms with van der Waals surface area (Å²) in [5, 5.41) is 41.2. The first-order valence-corrected chi connectivity index (χ1v) is 20.3. The highest BCUT2D eigenvalue weighted by molar-refractivity contribution is 5.90. The van der Waals surface area contributed by atoms with Crippen LogP contribution in [0.15, 0.2) is 66.8 Å². The van der Waals surface area contributed by atoms with Crippen LogP contribution < -0.4 is 14.2 Å². The second-order valence-electron chi connectivity index (χ2n) is 16.2. The van der Waals surface area contributed by atoms with E-state index >= 15 is 4.39 Å². The fourth-order valence-electron chi connectivity index (χ4n) is 6.62. The molecule has 13 heteroatoms. The Balaban J connectivity index is 2.07. The lowest BCUT2D eigenvalue weighted by atomic mass is 9.76. The molecule has 0 unspecified atom stereocenters. The van der Waals surface area contributed by atoms with Crippen LogP contribution in [0.2, 0.25) is 0 Å². The Labute approximate surface area is 347 Å². The number of hydrogen-bond acceptors (Lipinski definition) is 12. The lowest BCUT2D eigenvalue weighted by molar-refractivity contribution is -0.147. The van der Waals surface area contributed by atoms with Gasteiger partial charge in [-0.15, -0.1) is 0 Å². The number of esters is 3. The van der Waals surface area contributed by atoms with Crippen molar-refractivity contribution in [2.45, 2.75) is 91.4 Å². The molecular formula is C46H63FO12. The van der Waals surface area contributed by atoms with E-state index in [2.05, 4.69) is 26.7 Å². The number of hydrogen-bond donors (Lipinski definition) is 4. The number of carbonyl (C=O) groups is 3. The molecular weight excluding hydrogens is 763 g/mol. The smallest absolute Gasteiger partial charge is 0.338 e. The van der Waals surface area contributed by atoms with Crippen LogP contribution in [0.3, 0.4) is 0 Å². The number of aliphatic hydroxyl groups is 4. The molecule has 3 rings (SSSR count). The number of unbranched alkanes of at least 4 members (excludes halogenated alkanes) is 3. The second kappa shape index (κ2) is 23.3. The standard InChI is InChI=1S/C46H63FO12/c1-8-9-10-11-12-33-13-15-34(16-14-33)36-19-37(47)41(40(21-36)59-44(54)32(6)7)35-17-18-38(55-26-45(22-48,23-49)28-57-42(52)30(2)3)39(20-35)56-27-46(24-50,25-51)29-58-43(53)31(4)5/h17-21,33-34,48-51H,2,4,6,8-16,22-29H2,1,3,5,7H3. The SMILES string of the molecule is C=C(C)C(=O)OCC(CO)(CO)COc1ccc(-c2c(F)cc(C3CCC(CCCCCC)CC3)cc2OC(=O)C(=C)C)cc1OCC(CO)(CO)COC(=O)C(=C)C. The van der Waals surface area contributed by atoms with Crippen molar-refractivity contribution in [2.75, 3.05) is 52.9 Å². The van der Waals surface area contributed by atoms with Crippen molar-refractivity contribution >= 4 is 17.9 Å². The predicted octanol–water partition coefficient (Wildman–Crippen LogP) is 7.16. The maximum absolute atomic E-state index is 16.6. The molecule has 0 radical (unpaired) electrons. The first-order chi connectivity index (χ1) is 28.1. The number of aliphatic hydroxyl groups excluding tert-OH is 4. The van der Waals surface area contributed by atoms with Gasteiger partial charge in [-0.2, -0.15) is 0 Å². The number of benzene rings is 2. The topological polar surface area (TPSA) is 178 Å². The zero-order chi connectivity index (χ0) is 43.8. The molecule has 1 aliphatic rings. The van der Waals surface area contributed by atoms with Crippen LogP contribution in [0, 0.1) is 22.6 Å². The maximum Gasteiger partial charge on any atom is 0.338 e. The van der Waals surface area contributed by atoms with Crippen LogP contribution >= 0.6 is 0 Å². The van der Waals surface area contributed by atoms with E-state index in [1.807, 2.05) is 0 Å². The lowest BCUT2D eigenvalue weighted by Gasteiger charge is -2.31. The van der Waals surface area contributed by atoms with E-state index in [0.717, 1.165) is 25.7 Å². The fraction of sp³-hybridized carbons (Fsp3) is 0.543. The summed E-state index contributed by atoms with van der Waals surface area (Å²) in [6.07, 6.45) is 9.87. The first kappa shape index (κ1) is 48.8. The number of carbonyl (C=O) groups excluding carboxylic acids is 3. The molecule has 59 heavy (non-hydrogen) atoms. The molecule has 2 aromatic carbocycles. The number of halogens is 1. The van der Waals surface area contributed by atoms with Crippen LogP contribution in [0.5, 0.6) is 17.2 Å². The Morgan fingerprint density at radius 1 is 0.678 bits per heavy atom. The van der Waals surface area contributed by atoms with Gasteiger partial charge < -0.3 is 44.1 Å². The molecule has 0 aromatic heterocycles. The molecule has 0 amide bonds. The van der Waals surface area contributed by atoms with Gasteiger partial charge in [-0.3, -0.25) is 0 Å². The molecule has 12 nitrogen and oxygen atoms in total. The van der Waals surface area contributed by atoms with Gasteiger partial charge in [0, 0.05) is 16.7 Å². The van der Waals surface area contributed by atoms with Gasteiger partial charge >= 0.3 is 17.9 Å². The van der Waals surface area contributed by atoms with E-state index < -0.39 is 87.4 Å². The predicted molar refractivity (Wildman–Crippen MR) is 221 cm³/mol. The number of rotatable bonds is 25. The summed E-state index contributed by atoms with van der Waals surface area (Å²) in [4.78, 5) is 37.3. The van der Waals surface area contributed by atoms with Gasteiger partial charge in [-0.25, -0.2) is 18.8 Å². The summed E-state index contributed by atoms with van der Waals surface area (Å²) in [6, 6.07) is 7.51. The Morgan fingerprint density at radius 2 is 1.20 bits per heavy atom. The van der Waals surface area contributed by atoms with Crippen molar-refractivity contribution < 1.29 is 62.9 Å². The summed E-state index contributed by atoms with van der Waals surface area (Å²) < 4.78 is 45.0. The number of ether oxygens (including phenoxy) is 5. The lowest BCUT2D eigenvalue weighted by Crippen LogP contribution is -2.42.